The summed E-state index contributed by atoms with van der Waals surface area (Å²) in [5, 5.41) is 0.682. The molecule has 0 bridgehead atoms. The van der Waals surface area contributed by atoms with Crippen LogP contribution in [0.2, 0.25) is 5.02 Å². The molecule has 10 heteroatoms. The first kappa shape index (κ1) is 19.7. The van der Waals surface area contributed by atoms with Gasteiger partial charge in [0.2, 0.25) is 0 Å². The van der Waals surface area contributed by atoms with Gasteiger partial charge < -0.3 is 14.8 Å². The zero-order chi connectivity index (χ0) is 20.5. The summed E-state index contributed by atoms with van der Waals surface area (Å²) in [6, 6.07) is 7.63. The molecule has 1 N–H and O–H groups in total. The molecule has 29 heavy (non-hydrogen) atoms. The van der Waals surface area contributed by atoms with Gasteiger partial charge in [-0.3, -0.25) is 14.2 Å². The fraction of sp³-hybridized carbons (Fsp3) is 0.368. The second kappa shape index (κ2) is 8.00. The molecule has 1 saturated heterocycles. The van der Waals surface area contributed by atoms with Crippen molar-refractivity contribution in [3.63, 3.8) is 0 Å². The van der Waals surface area contributed by atoms with Gasteiger partial charge in [0.15, 0.2) is 5.52 Å². The van der Waals surface area contributed by atoms with Crippen molar-refractivity contribution in [1.29, 1.82) is 0 Å². The Morgan fingerprint density at radius 2 is 1.93 bits per heavy atom. The predicted octanol–water partition coefficient (Wildman–Crippen LogP) is 2.17. The largest absolute Gasteiger partial charge is 0.367 e. The molecule has 3 aromatic rings. The number of halogens is 1. The van der Waals surface area contributed by atoms with Crippen molar-refractivity contribution in [2.75, 3.05) is 31.1 Å². The minimum Gasteiger partial charge on any atom is -0.367 e. The van der Waals surface area contributed by atoms with Crippen molar-refractivity contribution in [1.82, 2.24) is 18.8 Å². The average Bonchev–Trinajstić information content (AvgIpc) is 3.15. The van der Waals surface area contributed by atoms with E-state index in [4.69, 9.17) is 11.6 Å². The topological polar surface area (TPSA) is 91.3 Å². The molecule has 0 aliphatic carbocycles. The van der Waals surface area contributed by atoms with Crippen molar-refractivity contribution >= 4 is 45.8 Å². The Balaban J connectivity index is 1.57. The number of aromatic nitrogens is 3. The Morgan fingerprint density at radius 3 is 2.62 bits per heavy atom. The van der Waals surface area contributed by atoms with E-state index in [1.54, 1.807) is 4.90 Å². The van der Waals surface area contributed by atoms with E-state index < -0.39 is 11.2 Å². The quantitative estimate of drug-likeness (QED) is 0.680. The van der Waals surface area contributed by atoms with E-state index in [2.05, 4.69) is 14.3 Å². The van der Waals surface area contributed by atoms with Gasteiger partial charge in [-0.05, 0) is 30.1 Å². The summed E-state index contributed by atoms with van der Waals surface area (Å²) < 4.78 is 5.28. The van der Waals surface area contributed by atoms with Crippen LogP contribution in [-0.4, -0.2) is 50.9 Å². The maximum atomic E-state index is 13.0. The summed E-state index contributed by atoms with van der Waals surface area (Å²) in [5.74, 6) is -0.223. The van der Waals surface area contributed by atoms with Gasteiger partial charge >= 0.3 is 5.69 Å². The monoisotopic (exact) mass is 433 g/mol. The smallest absolute Gasteiger partial charge is 0.328 e. The van der Waals surface area contributed by atoms with E-state index in [1.165, 1.54) is 0 Å². The SMILES string of the molecule is CCCn1c(=O)[nH]c2c(C(=O)N3CCN(c4ccccc4Cl)CC3)snc2c1=O. The van der Waals surface area contributed by atoms with E-state index in [9.17, 15) is 14.4 Å². The fourth-order valence-corrected chi connectivity index (χ4v) is 4.57. The summed E-state index contributed by atoms with van der Waals surface area (Å²) in [6.07, 6.45) is 0.653. The van der Waals surface area contributed by atoms with Gasteiger partial charge in [0.1, 0.15) is 4.88 Å². The highest BCUT2D eigenvalue weighted by molar-refractivity contribution is 7.09. The number of fused-ring (bicyclic) bond motifs is 1. The number of rotatable bonds is 4. The third-order valence-electron chi connectivity index (χ3n) is 5.02. The third-order valence-corrected chi connectivity index (χ3v) is 6.17. The first-order valence-electron chi connectivity index (χ1n) is 9.42. The van der Waals surface area contributed by atoms with Crippen LogP contribution in [0.3, 0.4) is 0 Å². The van der Waals surface area contributed by atoms with E-state index >= 15 is 0 Å². The van der Waals surface area contributed by atoms with Crippen LogP contribution >= 0.6 is 23.1 Å². The van der Waals surface area contributed by atoms with Gasteiger partial charge in [-0.1, -0.05) is 30.7 Å². The van der Waals surface area contributed by atoms with Crippen molar-refractivity contribution in [2.45, 2.75) is 19.9 Å². The first-order valence-corrected chi connectivity index (χ1v) is 10.6. The summed E-state index contributed by atoms with van der Waals surface area (Å²) >= 11 is 7.23. The second-order valence-electron chi connectivity index (χ2n) is 6.85. The molecule has 1 amide bonds. The molecule has 0 spiro atoms. The number of amides is 1. The number of carbonyl (C=O) groups excluding carboxylic acids is 1. The molecule has 8 nitrogen and oxygen atoms in total. The molecule has 0 atom stereocenters. The number of nitrogens with zero attached hydrogens (tertiary/aromatic N) is 4. The normalized spacial score (nSPS) is 14.6. The molecule has 0 radical (unpaired) electrons. The summed E-state index contributed by atoms with van der Waals surface area (Å²) in [5.41, 5.74) is 0.355. The van der Waals surface area contributed by atoms with Crippen LogP contribution in [0.5, 0.6) is 0 Å². The van der Waals surface area contributed by atoms with Crippen molar-refractivity contribution < 1.29 is 4.79 Å². The standard InChI is InChI=1S/C19H20ClN5O3S/c1-2-7-25-17(26)15-14(21-19(25)28)16(29-22-15)18(27)24-10-8-23(9-11-24)13-6-4-3-5-12(13)20/h3-6H,2,7-11H2,1H3,(H,21,28). The number of carbonyl (C=O) groups is 1. The lowest BCUT2D eigenvalue weighted by Gasteiger charge is -2.36. The molecule has 1 aliphatic heterocycles. The van der Waals surface area contributed by atoms with Crippen LogP contribution in [0.25, 0.3) is 11.0 Å². The number of anilines is 1. The number of piperazine rings is 1. The molecular weight excluding hydrogens is 414 g/mol. The zero-order valence-electron chi connectivity index (χ0n) is 15.9. The van der Waals surface area contributed by atoms with Crippen LogP contribution in [0.1, 0.15) is 23.0 Å². The lowest BCUT2D eigenvalue weighted by atomic mass is 10.2. The average molecular weight is 434 g/mol. The number of benzene rings is 1. The van der Waals surface area contributed by atoms with Crippen LogP contribution in [0.15, 0.2) is 33.9 Å². The Morgan fingerprint density at radius 1 is 1.21 bits per heavy atom. The Bertz CT molecular complexity index is 1180. The second-order valence-corrected chi connectivity index (χ2v) is 8.03. The van der Waals surface area contributed by atoms with Gasteiger partial charge in [0, 0.05) is 32.7 Å². The lowest BCUT2D eigenvalue weighted by Crippen LogP contribution is -2.48. The number of nitrogens with one attached hydrogen (secondary N) is 1. The third kappa shape index (κ3) is 3.56. The molecule has 0 saturated carbocycles. The number of hydrogen-bond acceptors (Lipinski definition) is 6. The van der Waals surface area contributed by atoms with Crippen LogP contribution in [-0.2, 0) is 6.54 Å². The summed E-state index contributed by atoms with van der Waals surface area (Å²) in [4.78, 5) is 44.7. The zero-order valence-corrected chi connectivity index (χ0v) is 17.4. The maximum absolute atomic E-state index is 13.0. The first-order chi connectivity index (χ1) is 14.0. The fourth-order valence-electron chi connectivity index (χ4n) is 3.52. The summed E-state index contributed by atoms with van der Waals surface area (Å²) in [7, 11) is 0. The molecule has 3 heterocycles. The van der Waals surface area contributed by atoms with Crippen LogP contribution in [0, 0.1) is 0 Å². The van der Waals surface area contributed by atoms with Crippen LogP contribution in [0.4, 0.5) is 5.69 Å². The number of para-hydroxylation sites is 1. The van der Waals surface area contributed by atoms with Gasteiger partial charge in [-0.25, -0.2) is 4.79 Å². The van der Waals surface area contributed by atoms with Crippen molar-refractivity contribution in [3.8, 4) is 0 Å². The van der Waals surface area contributed by atoms with E-state index in [0.29, 0.717) is 49.0 Å². The molecule has 152 valence electrons. The minimum absolute atomic E-state index is 0.140. The van der Waals surface area contributed by atoms with Crippen LogP contribution < -0.4 is 16.1 Å². The Hall–Kier alpha value is -2.65. The predicted molar refractivity (Wildman–Crippen MR) is 114 cm³/mol. The molecule has 4 rings (SSSR count). The van der Waals surface area contributed by atoms with Crippen molar-refractivity contribution in [2.24, 2.45) is 0 Å². The molecule has 1 aliphatic rings. The van der Waals surface area contributed by atoms with E-state index in [1.807, 2.05) is 31.2 Å². The highest BCUT2D eigenvalue weighted by atomic mass is 35.5. The maximum Gasteiger partial charge on any atom is 0.328 e. The minimum atomic E-state index is -0.512. The van der Waals surface area contributed by atoms with E-state index in [-0.39, 0.29) is 16.9 Å². The van der Waals surface area contributed by atoms with Gasteiger partial charge in [0.25, 0.3) is 11.5 Å². The number of hydrogen-bond donors (Lipinski definition) is 1. The van der Waals surface area contributed by atoms with Gasteiger partial charge in [-0.15, -0.1) is 0 Å². The lowest BCUT2D eigenvalue weighted by molar-refractivity contribution is 0.0753. The Labute approximate surface area is 175 Å². The Kier molecular flexibility index (Phi) is 5.42. The summed E-state index contributed by atoms with van der Waals surface area (Å²) in [6.45, 7) is 4.52. The number of aromatic amines is 1. The van der Waals surface area contributed by atoms with Crippen molar-refractivity contribution in [3.05, 3.63) is 55.0 Å². The van der Waals surface area contributed by atoms with Gasteiger partial charge in [-0.2, -0.15) is 4.37 Å². The molecule has 1 fully saturated rings. The van der Waals surface area contributed by atoms with E-state index in [0.717, 1.165) is 21.8 Å². The number of H-pyrrole nitrogens is 1. The highest BCUT2D eigenvalue weighted by Crippen LogP contribution is 2.27. The highest BCUT2D eigenvalue weighted by Gasteiger charge is 2.27. The molecule has 2 aromatic heterocycles. The molecular formula is C19H20ClN5O3S. The molecule has 0 unspecified atom stereocenters. The van der Waals surface area contributed by atoms with Gasteiger partial charge in [0.05, 0.1) is 16.2 Å². The molecule has 1 aromatic carbocycles.